The quantitative estimate of drug-likeness (QED) is 0.230. The van der Waals surface area contributed by atoms with E-state index in [9.17, 15) is 4.79 Å². The van der Waals surface area contributed by atoms with Gasteiger partial charge in [0.25, 0.3) is 5.91 Å². The van der Waals surface area contributed by atoms with E-state index in [1.54, 1.807) is 0 Å². The Morgan fingerprint density at radius 1 is 0.946 bits per heavy atom. The molecular weight excluding hydrogens is 486 g/mol. The standard InChI is InChI=1S/C30H34ClN3O3/c1-20-11-12-21(2)27(15-20)37-19-29(35)32-18-28-33-25-9-5-6-10-26(25)34(28)13-7-8-14-36-24-16-22(3)30(31)23(4)17-24/h5-6,9-12,15-17H,7-8,13-14,18-19H2,1-4H3,(H,32,35). The molecule has 0 aliphatic rings. The first-order valence-electron chi connectivity index (χ1n) is 12.6. The molecule has 6 nitrogen and oxygen atoms in total. The summed E-state index contributed by atoms with van der Waals surface area (Å²) >= 11 is 6.26. The SMILES string of the molecule is Cc1ccc(C)c(OCC(=O)NCc2nc3ccccc3n2CCCCOc2cc(C)c(Cl)c(C)c2)c1. The van der Waals surface area contributed by atoms with E-state index in [0.29, 0.717) is 13.2 Å². The highest BCUT2D eigenvalue weighted by Gasteiger charge is 2.12. The summed E-state index contributed by atoms with van der Waals surface area (Å²) in [6.45, 7) is 9.65. The van der Waals surface area contributed by atoms with Crippen molar-refractivity contribution in [3.8, 4) is 11.5 Å². The van der Waals surface area contributed by atoms with Crippen LogP contribution in [0.4, 0.5) is 0 Å². The van der Waals surface area contributed by atoms with E-state index in [-0.39, 0.29) is 12.5 Å². The largest absolute Gasteiger partial charge is 0.494 e. The zero-order chi connectivity index (χ0) is 26.4. The van der Waals surface area contributed by atoms with Crippen LogP contribution in [0, 0.1) is 27.7 Å². The first-order chi connectivity index (χ1) is 17.8. The molecule has 4 rings (SSSR count). The number of carbonyl (C=O) groups is 1. The number of imidazole rings is 1. The van der Waals surface area contributed by atoms with Crippen molar-refractivity contribution in [3.05, 3.63) is 87.7 Å². The van der Waals surface area contributed by atoms with E-state index in [1.165, 1.54) is 0 Å². The summed E-state index contributed by atoms with van der Waals surface area (Å²) in [6.07, 6.45) is 1.81. The lowest BCUT2D eigenvalue weighted by Gasteiger charge is -2.13. The molecule has 7 heteroatoms. The molecule has 0 aliphatic heterocycles. The number of nitrogens with zero attached hydrogens (tertiary/aromatic N) is 2. The molecule has 4 aromatic rings. The van der Waals surface area contributed by atoms with Crippen LogP contribution in [0.15, 0.2) is 54.6 Å². The fraction of sp³-hybridized carbons (Fsp3) is 0.333. The molecule has 0 spiro atoms. The lowest BCUT2D eigenvalue weighted by Crippen LogP contribution is -2.29. The molecule has 37 heavy (non-hydrogen) atoms. The van der Waals surface area contributed by atoms with Gasteiger partial charge in [-0.15, -0.1) is 0 Å². The third-order valence-electron chi connectivity index (χ3n) is 6.33. The van der Waals surface area contributed by atoms with Gasteiger partial charge in [-0.1, -0.05) is 35.9 Å². The Labute approximate surface area is 223 Å². The van der Waals surface area contributed by atoms with Crippen LogP contribution in [0.1, 0.15) is 40.9 Å². The highest BCUT2D eigenvalue weighted by molar-refractivity contribution is 6.32. The van der Waals surface area contributed by atoms with E-state index in [2.05, 4.69) is 16.0 Å². The van der Waals surface area contributed by atoms with Crippen molar-refractivity contribution in [1.29, 1.82) is 0 Å². The number of aromatic nitrogens is 2. The van der Waals surface area contributed by atoms with Crippen molar-refractivity contribution in [3.63, 3.8) is 0 Å². The van der Waals surface area contributed by atoms with Crippen LogP contribution < -0.4 is 14.8 Å². The zero-order valence-corrected chi connectivity index (χ0v) is 22.7. The Balaban J connectivity index is 1.32. The van der Waals surface area contributed by atoms with Crippen molar-refractivity contribution >= 4 is 28.5 Å². The Bertz CT molecular complexity index is 1370. The van der Waals surface area contributed by atoms with Crippen LogP contribution in [0.5, 0.6) is 11.5 Å². The summed E-state index contributed by atoms with van der Waals surface area (Å²) in [7, 11) is 0. The molecule has 0 atom stereocenters. The number of amides is 1. The number of nitrogens with one attached hydrogen (secondary N) is 1. The number of para-hydroxylation sites is 2. The maximum Gasteiger partial charge on any atom is 0.258 e. The second-order valence-corrected chi connectivity index (χ2v) is 9.81. The Morgan fingerprint density at radius 3 is 2.49 bits per heavy atom. The normalized spacial score (nSPS) is 11.1. The monoisotopic (exact) mass is 519 g/mol. The molecule has 0 saturated carbocycles. The minimum atomic E-state index is -0.179. The minimum absolute atomic E-state index is 0.0362. The third kappa shape index (κ3) is 6.83. The average Bonchev–Trinajstić information content (AvgIpc) is 3.23. The predicted octanol–water partition coefficient (Wildman–Crippen LogP) is 6.48. The highest BCUT2D eigenvalue weighted by atomic mass is 35.5. The molecule has 1 aromatic heterocycles. The van der Waals surface area contributed by atoms with Crippen molar-refractivity contribution in [2.45, 2.75) is 53.6 Å². The Kier molecular flexibility index (Phi) is 8.72. The smallest absolute Gasteiger partial charge is 0.258 e. The van der Waals surface area contributed by atoms with E-state index < -0.39 is 0 Å². The van der Waals surface area contributed by atoms with Gasteiger partial charge in [0.2, 0.25) is 0 Å². The molecule has 0 saturated heterocycles. The van der Waals surface area contributed by atoms with Crippen LogP contribution in [0.25, 0.3) is 11.0 Å². The van der Waals surface area contributed by atoms with Gasteiger partial charge in [0, 0.05) is 11.6 Å². The van der Waals surface area contributed by atoms with Gasteiger partial charge in [0.15, 0.2) is 6.61 Å². The summed E-state index contributed by atoms with van der Waals surface area (Å²) in [6, 6.07) is 18.0. The topological polar surface area (TPSA) is 65.4 Å². The van der Waals surface area contributed by atoms with Gasteiger partial charge in [-0.25, -0.2) is 4.98 Å². The molecule has 0 fully saturated rings. The van der Waals surface area contributed by atoms with Crippen LogP contribution >= 0.6 is 11.6 Å². The van der Waals surface area contributed by atoms with Crippen LogP contribution in [-0.2, 0) is 17.9 Å². The molecule has 1 heterocycles. The maximum atomic E-state index is 12.5. The summed E-state index contributed by atoms with van der Waals surface area (Å²) in [5, 5.41) is 3.75. The van der Waals surface area contributed by atoms with Gasteiger partial charge in [-0.3, -0.25) is 4.79 Å². The number of ether oxygens (including phenoxy) is 2. The van der Waals surface area contributed by atoms with Gasteiger partial charge in [-0.05, 0) is 93.1 Å². The van der Waals surface area contributed by atoms with E-state index in [4.69, 9.17) is 26.1 Å². The van der Waals surface area contributed by atoms with Crippen LogP contribution in [0.3, 0.4) is 0 Å². The van der Waals surface area contributed by atoms with Crippen molar-refractivity contribution in [2.75, 3.05) is 13.2 Å². The number of carbonyl (C=O) groups excluding carboxylic acids is 1. The number of hydrogen-bond donors (Lipinski definition) is 1. The van der Waals surface area contributed by atoms with Gasteiger partial charge in [0.1, 0.15) is 17.3 Å². The zero-order valence-electron chi connectivity index (χ0n) is 21.9. The number of rotatable bonds is 11. The molecule has 0 aliphatic carbocycles. The van der Waals surface area contributed by atoms with Crippen LogP contribution in [-0.4, -0.2) is 28.7 Å². The second-order valence-electron chi connectivity index (χ2n) is 9.43. The van der Waals surface area contributed by atoms with Gasteiger partial charge < -0.3 is 19.4 Å². The Morgan fingerprint density at radius 2 is 1.70 bits per heavy atom. The average molecular weight is 520 g/mol. The Hall–Kier alpha value is -3.51. The molecule has 0 unspecified atom stereocenters. The summed E-state index contributed by atoms with van der Waals surface area (Å²) < 4.78 is 13.9. The summed E-state index contributed by atoms with van der Waals surface area (Å²) in [4.78, 5) is 17.3. The lowest BCUT2D eigenvalue weighted by molar-refractivity contribution is -0.123. The molecule has 194 valence electrons. The highest BCUT2D eigenvalue weighted by Crippen LogP contribution is 2.26. The van der Waals surface area contributed by atoms with Crippen molar-refractivity contribution < 1.29 is 14.3 Å². The summed E-state index contributed by atoms with van der Waals surface area (Å²) in [5.41, 5.74) is 6.12. The third-order valence-corrected chi connectivity index (χ3v) is 6.93. The van der Waals surface area contributed by atoms with Gasteiger partial charge >= 0.3 is 0 Å². The molecule has 1 amide bonds. The second kappa shape index (κ2) is 12.2. The number of halogens is 1. The van der Waals surface area contributed by atoms with E-state index in [1.807, 2.05) is 76.2 Å². The molecule has 3 aromatic carbocycles. The number of aryl methyl sites for hydroxylation is 5. The first kappa shape index (κ1) is 26.6. The molecular formula is C30H34ClN3O3. The lowest BCUT2D eigenvalue weighted by atomic mass is 10.1. The number of hydrogen-bond acceptors (Lipinski definition) is 4. The first-order valence-corrected chi connectivity index (χ1v) is 13.0. The predicted molar refractivity (Wildman–Crippen MR) is 149 cm³/mol. The number of unbranched alkanes of at least 4 members (excludes halogenated alkanes) is 1. The minimum Gasteiger partial charge on any atom is -0.494 e. The summed E-state index contributed by atoms with van der Waals surface area (Å²) in [5.74, 6) is 2.22. The molecule has 1 N–H and O–H groups in total. The van der Waals surface area contributed by atoms with Crippen molar-refractivity contribution in [2.24, 2.45) is 0 Å². The maximum absolute atomic E-state index is 12.5. The van der Waals surface area contributed by atoms with E-state index in [0.717, 1.165) is 75.0 Å². The van der Waals surface area contributed by atoms with E-state index >= 15 is 0 Å². The molecule has 0 bridgehead atoms. The number of benzene rings is 3. The number of fused-ring (bicyclic) bond motifs is 1. The van der Waals surface area contributed by atoms with Gasteiger partial charge in [0.05, 0.1) is 24.2 Å². The molecule has 0 radical (unpaired) electrons. The van der Waals surface area contributed by atoms with Crippen molar-refractivity contribution in [1.82, 2.24) is 14.9 Å². The fourth-order valence-electron chi connectivity index (χ4n) is 4.30. The van der Waals surface area contributed by atoms with Gasteiger partial charge in [-0.2, -0.15) is 0 Å². The fourth-order valence-corrected chi connectivity index (χ4v) is 4.41. The van der Waals surface area contributed by atoms with Crippen LogP contribution in [0.2, 0.25) is 5.02 Å².